The van der Waals surface area contributed by atoms with Gasteiger partial charge >= 0.3 is 5.97 Å². The van der Waals surface area contributed by atoms with Gasteiger partial charge in [-0.1, -0.05) is 0 Å². The highest BCUT2D eigenvalue weighted by atomic mass is 16.6. The lowest BCUT2D eigenvalue weighted by atomic mass is 10.2. The van der Waals surface area contributed by atoms with E-state index in [4.69, 9.17) is 10.8 Å². The Morgan fingerprint density at radius 3 is 2.81 bits per heavy atom. The number of nitrogens with two attached hydrogens (primary N) is 1. The second-order valence-corrected chi connectivity index (χ2v) is 3.49. The van der Waals surface area contributed by atoms with Crippen LogP contribution in [0.2, 0.25) is 0 Å². The highest BCUT2D eigenvalue weighted by molar-refractivity contribution is 5.98. The fourth-order valence-corrected chi connectivity index (χ4v) is 1.75. The zero-order valence-corrected chi connectivity index (χ0v) is 8.29. The van der Waals surface area contributed by atoms with Crippen LogP contribution >= 0.6 is 0 Å². The number of likely N-dealkylation sites (tertiary alicyclic amines) is 1. The number of amides is 1. The van der Waals surface area contributed by atoms with Crippen LogP contribution in [0.15, 0.2) is 4.63 Å². The molecule has 2 rings (SSSR count). The van der Waals surface area contributed by atoms with Gasteiger partial charge < -0.3 is 15.7 Å². The summed E-state index contributed by atoms with van der Waals surface area (Å²) in [4.78, 5) is 24.0. The molecule has 8 nitrogen and oxygen atoms in total. The molecule has 1 fully saturated rings. The quantitative estimate of drug-likeness (QED) is 0.686. The van der Waals surface area contributed by atoms with Gasteiger partial charge in [0.1, 0.15) is 6.04 Å². The van der Waals surface area contributed by atoms with Crippen molar-refractivity contribution in [3.8, 4) is 0 Å². The monoisotopic (exact) mass is 226 g/mol. The Labute approximate surface area is 90.0 Å². The number of nitrogens with zero attached hydrogens (tertiary/aromatic N) is 3. The molecule has 1 atom stereocenters. The normalized spacial score (nSPS) is 20.0. The number of nitrogen functional groups attached to an aromatic ring is 1. The molecule has 86 valence electrons. The summed E-state index contributed by atoms with van der Waals surface area (Å²) in [6.07, 6.45) is 1.08. The number of carboxylic acids is 1. The van der Waals surface area contributed by atoms with Crippen molar-refractivity contribution in [2.24, 2.45) is 0 Å². The summed E-state index contributed by atoms with van der Waals surface area (Å²) in [7, 11) is 0. The number of hydrogen-bond acceptors (Lipinski definition) is 6. The van der Waals surface area contributed by atoms with Crippen LogP contribution in [-0.2, 0) is 4.79 Å². The Hall–Kier alpha value is -2.12. The van der Waals surface area contributed by atoms with Gasteiger partial charge in [-0.25, -0.2) is 9.42 Å². The number of hydrogen-bond donors (Lipinski definition) is 2. The lowest BCUT2D eigenvalue weighted by molar-refractivity contribution is -0.141. The third kappa shape index (κ3) is 1.58. The second-order valence-electron chi connectivity index (χ2n) is 3.49. The Balaban J connectivity index is 2.22. The fraction of sp³-hybridized carbons (Fsp3) is 0.500. The number of rotatable bonds is 2. The molecule has 0 saturated carbocycles. The van der Waals surface area contributed by atoms with Crippen LogP contribution in [-0.4, -0.2) is 44.8 Å². The topological polar surface area (TPSA) is 123 Å². The predicted molar refractivity (Wildman–Crippen MR) is 50.4 cm³/mol. The molecule has 1 amide bonds. The highest BCUT2D eigenvalue weighted by Crippen LogP contribution is 2.21. The zero-order chi connectivity index (χ0) is 11.7. The minimum absolute atomic E-state index is 0.124. The summed E-state index contributed by atoms with van der Waals surface area (Å²) < 4.78 is 4.30. The van der Waals surface area contributed by atoms with Gasteiger partial charge in [-0.3, -0.25) is 4.79 Å². The second kappa shape index (κ2) is 3.80. The lowest BCUT2D eigenvalue weighted by Crippen LogP contribution is -2.40. The standard InChI is InChI=1S/C8H10N4O4/c9-6-5(10-16-11-6)7(13)12-3-1-2-4(12)8(14)15/h4H,1-3H2,(H2,9,11)(H,14,15)/t4-/m1/s1. The average molecular weight is 226 g/mol. The van der Waals surface area contributed by atoms with Gasteiger partial charge in [0.2, 0.25) is 11.5 Å². The maximum atomic E-state index is 11.9. The summed E-state index contributed by atoms with van der Waals surface area (Å²) >= 11 is 0. The van der Waals surface area contributed by atoms with Gasteiger partial charge in [0.05, 0.1) is 0 Å². The van der Waals surface area contributed by atoms with Crippen molar-refractivity contribution in [3.05, 3.63) is 5.69 Å². The molecule has 1 aromatic heterocycles. The molecule has 1 saturated heterocycles. The Bertz CT molecular complexity index is 429. The first-order chi connectivity index (χ1) is 7.61. The predicted octanol–water partition coefficient (Wildman–Crippen LogP) is -0.659. The molecule has 2 heterocycles. The Kier molecular flexibility index (Phi) is 2.47. The van der Waals surface area contributed by atoms with Crippen LogP contribution in [0.5, 0.6) is 0 Å². The smallest absolute Gasteiger partial charge is 0.326 e. The number of aliphatic carboxylic acids is 1. The first-order valence-electron chi connectivity index (χ1n) is 4.73. The summed E-state index contributed by atoms with van der Waals surface area (Å²) in [6, 6.07) is -0.816. The molecule has 0 aliphatic carbocycles. The van der Waals surface area contributed by atoms with Crippen molar-refractivity contribution >= 4 is 17.7 Å². The van der Waals surface area contributed by atoms with Gasteiger partial charge in [0.25, 0.3) is 5.91 Å². The van der Waals surface area contributed by atoms with E-state index in [2.05, 4.69) is 14.9 Å². The molecule has 0 unspecified atom stereocenters. The molecular formula is C8H10N4O4. The molecular weight excluding hydrogens is 216 g/mol. The molecule has 1 aliphatic rings. The van der Waals surface area contributed by atoms with E-state index in [9.17, 15) is 9.59 Å². The summed E-state index contributed by atoms with van der Waals surface area (Å²) in [5.74, 6) is -1.70. The van der Waals surface area contributed by atoms with Crippen molar-refractivity contribution in [1.29, 1.82) is 0 Å². The van der Waals surface area contributed by atoms with E-state index in [0.29, 0.717) is 19.4 Å². The first kappa shape index (κ1) is 10.4. The van der Waals surface area contributed by atoms with Crippen LogP contribution in [0, 0.1) is 0 Å². The number of carbonyl (C=O) groups is 2. The fourth-order valence-electron chi connectivity index (χ4n) is 1.75. The van der Waals surface area contributed by atoms with Crippen LogP contribution < -0.4 is 5.73 Å². The van der Waals surface area contributed by atoms with E-state index < -0.39 is 17.9 Å². The van der Waals surface area contributed by atoms with Gasteiger partial charge in [-0.2, -0.15) is 0 Å². The molecule has 0 spiro atoms. The maximum absolute atomic E-state index is 11.9. The Morgan fingerprint density at radius 1 is 1.50 bits per heavy atom. The lowest BCUT2D eigenvalue weighted by Gasteiger charge is -2.19. The largest absolute Gasteiger partial charge is 0.480 e. The highest BCUT2D eigenvalue weighted by Gasteiger charge is 2.36. The van der Waals surface area contributed by atoms with E-state index in [0.717, 1.165) is 0 Å². The van der Waals surface area contributed by atoms with Crippen molar-refractivity contribution in [1.82, 2.24) is 15.2 Å². The average Bonchev–Trinajstić information content (AvgIpc) is 2.84. The SMILES string of the molecule is Nc1nonc1C(=O)N1CCC[C@@H]1C(=O)O. The van der Waals surface area contributed by atoms with Gasteiger partial charge in [-0.05, 0) is 23.2 Å². The van der Waals surface area contributed by atoms with Gasteiger partial charge in [0.15, 0.2) is 0 Å². The minimum Gasteiger partial charge on any atom is -0.480 e. The number of carbonyl (C=O) groups excluding carboxylic acids is 1. The third-order valence-electron chi connectivity index (χ3n) is 2.52. The van der Waals surface area contributed by atoms with E-state index in [1.165, 1.54) is 4.90 Å². The maximum Gasteiger partial charge on any atom is 0.326 e. The summed E-state index contributed by atoms with van der Waals surface area (Å²) in [6.45, 7) is 0.377. The molecule has 0 aromatic carbocycles. The van der Waals surface area contributed by atoms with Crippen molar-refractivity contribution in [3.63, 3.8) is 0 Å². The minimum atomic E-state index is -1.03. The number of anilines is 1. The molecule has 1 aliphatic heterocycles. The molecule has 3 N–H and O–H groups in total. The van der Waals surface area contributed by atoms with Gasteiger partial charge in [-0.15, -0.1) is 0 Å². The first-order valence-corrected chi connectivity index (χ1v) is 4.73. The van der Waals surface area contributed by atoms with Crippen LogP contribution in [0.4, 0.5) is 5.82 Å². The van der Waals surface area contributed by atoms with Crippen LogP contribution in [0.3, 0.4) is 0 Å². The number of carboxylic acid groups (broad SMARTS) is 1. The van der Waals surface area contributed by atoms with E-state index >= 15 is 0 Å². The third-order valence-corrected chi connectivity index (χ3v) is 2.52. The summed E-state index contributed by atoms with van der Waals surface area (Å²) in [5, 5.41) is 15.5. The summed E-state index contributed by atoms with van der Waals surface area (Å²) in [5.41, 5.74) is 5.24. The molecule has 1 aromatic rings. The molecule has 0 bridgehead atoms. The zero-order valence-electron chi connectivity index (χ0n) is 8.29. The Morgan fingerprint density at radius 2 is 2.25 bits per heavy atom. The van der Waals surface area contributed by atoms with E-state index in [1.807, 2.05) is 0 Å². The van der Waals surface area contributed by atoms with Crippen LogP contribution in [0.25, 0.3) is 0 Å². The van der Waals surface area contributed by atoms with Crippen LogP contribution in [0.1, 0.15) is 23.3 Å². The van der Waals surface area contributed by atoms with Gasteiger partial charge in [0, 0.05) is 6.54 Å². The van der Waals surface area contributed by atoms with Crippen molar-refractivity contribution < 1.29 is 19.3 Å². The molecule has 8 heteroatoms. The van der Waals surface area contributed by atoms with Crippen molar-refractivity contribution in [2.75, 3.05) is 12.3 Å². The number of aromatic nitrogens is 2. The molecule has 16 heavy (non-hydrogen) atoms. The van der Waals surface area contributed by atoms with Crippen molar-refractivity contribution in [2.45, 2.75) is 18.9 Å². The molecule has 0 radical (unpaired) electrons. The van der Waals surface area contributed by atoms with E-state index in [-0.39, 0.29) is 11.5 Å². The van der Waals surface area contributed by atoms with E-state index in [1.54, 1.807) is 0 Å².